The van der Waals surface area contributed by atoms with E-state index in [9.17, 15) is 0 Å². The van der Waals surface area contributed by atoms with Crippen molar-refractivity contribution in [2.45, 2.75) is 25.5 Å². The molecular formula is C14H22N2O2. The van der Waals surface area contributed by atoms with Crippen LogP contribution in [0.15, 0.2) is 18.2 Å². The maximum Gasteiger partial charge on any atom is 0.120 e. The fourth-order valence-corrected chi connectivity index (χ4v) is 2.47. The van der Waals surface area contributed by atoms with Crippen LogP contribution in [0.25, 0.3) is 0 Å². The van der Waals surface area contributed by atoms with E-state index in [1.54, 1.807) is 14.2 Å². The Bertz CT molecular complexity index is 387. The van der Waals surface area contributed by atoms with Gasteiger partial charge in [0.25, 0.3) is 0 Å². The van der Waals surface area contributed by atoms with Gasteiger partial charge in [0.1, 0.15) is 5.75 Å². The predicted octanol–water partition coefficient (Wildman–Crippen LogP) is 1.77. The summed E-state index contributed by atoms with van der Waals surface area (Å²) < 4.78 is 10.7. The van der Waals surface area contributed by atoms with Crippen molar-refractivity contribution in [2.75, 3.05) is 32.2 Å². The van der Waals surface area contributed by atoms with Gasteiger partial charge in [-0.1, -0.05) is 6.07 Å². The van der Waals surface area contributed by atoms with Crippen molar-refractivity contribution in [2.24, 2.45) is 5.73 Å². The highest BCUT2D eigenvalue weighted by atomic mass is 16.5. The Labute approximate surface area is 109 Å². The molecule has 0 aromatic heterocycles. The van der Waals surface area contributed by atoms with Gasteiger partial charge in [0.15, 0.2) is 0 Å². The zero-order chi connectivity index (χ0) is 13.0. The summed E-state index contributed by atoms with van der Waals surface area (Å²) in [5.74, 6) is 0.885. The first-order valence-corrected chi connectivity index (χ1v) is 6.43. The number of benzene rings is 1. The molecule has 1 aromatic carbocycles. The lowest BCUT2D eigenvalue weighted by atomic mass is 10.0. The summed E-state index contributed by atoms with van der Waals surface area (Å²) in [6.07, 6.45) is 2.53. The van der Waals surface area contributed by atoms with Crippen molar-refractivity contribution in [1.29, 1.82) is 0 Å². The van der Waals surface area contributed by atoms with Gasteiger partial charge in [-0.05, 0) is 24.5 Å². The Hall–Kier alpha value is -1.26. The average Bonchev–Trinajstić information content (AvgIpc) is 2.46. The van der Waals surface area contributed by atoms with Gasteiger partial charge in [0.05, 0.1) is 13.2 Å². The Balaban J connectivity index is 2.16. The van der Waals surface area contributed by atoms with E-state index < -0.39 is 0 Å². The number of piperidine rings is 1. The van der Waals surface area contributed by atoms with Crippen LogP contribution in [0.1, 0.15) is 18.4 Å². The maximum absolute atomic E-state index is 5.81. The molecule has 0 unspecified atom stereocenters. The van der Waals surface area contributed by atoms with Gasteiger partial charge in [-0.25, -0.2) is 0 Å². The van der Waals surface area contributed by atoms with Crippen LogP contribution in [0.2, 0.25) is 0 Å². The Kier molecular flexibility index (Phi) is 4.44. The van der Waals surface area contributed by atoms with Crippen LogP contribution in [-0.2, 0) is 11.3 Å². The molecule has 1 aromatic rings. The number of rotatable bonds is 4. The molecule has 1 aliphatic rings. The molecule has 1 heterocycles. The first-order valence-electron chi connectivity index (χ1n) is 6.43. The quantitative estimate of drug-likeness (QED) is 0.884. The number of ether oxygens (including phenoxy) is 2. The second-order valence-electron chi connectivity index (χ2n) is 4.62. The van der Waals surface area contributed by atoms with E-state index in [4.69, 9.17) is 15.2 Å². The van der Waals surface area contributed by atoms with E-state index >= 15 is 0 Å². The fourth-order valence-electron chi connectivity index (χ4n) is 2.47. The van der Waals surface area contributed by atoms with Gasteiger partial charge in [-0.2, -0.15) is 0 Å². The van der Waals surface area contributed by atoms with E-state index in [2.05, 4.69) is 17.0 Å². The van der Waals surface area contributed by atoms with Gasteiger partial charge in [-0.15, -0.1) is 0 Å². The molecule has 1 aliphatic heterocycles. The first-order chi connectivity index (χ1) is 8.78. The van der Waals surface area contributed by atoms with Crippen LogP contribution in [0, 0.1) is 0 Å². The Morgan fingerprint density at radius 2 is 2.00 bits per heavy atom. The third kappa shape index (κ3) is 2.76. The first kappa shape index (κ1) is 13.2. The van der Waals surface area contributed by atoms with Gasteiger partial charge in [-0.3, -0.25) is 0 Å². The summed E-state index contributed by atoms with van der Waals surface area (Å²) in [7, 11) is 3.48. The molecule has 4 nitrogen and oxygen atoms in total. The van der Waals surface area contributed by atoms with Crippen LogP contribution in [0.5, 0.6) is 5.75 Å². The van der Waals surface area contributed by atoms with Crippen molar-refractivity contribution in [3.8, 4) is 5.75 Å². The van der Waals surface area contributed by atoms with Crippen LogP contribution in [0.3, 0.4) is 0 Å². The summed E-state index contributed by atoms with van der Waals surface area (Å²) in [6.45, 7) is 2.58. The molecule has 0 amide bonds. The van der Waals surface area contributed by atoms with Crippen molar-refractivity contribution in [1.82, 2.24) is 0 Å². The largest absolute Gasteiger partial charge is 0.497 e. The predicted molar refractivity (Wildman–Crippen MR) is 73.1 cm³/mol. The molecule has 2 rings (SSSR count). The zero-order valence-electron chi connectivity index (χ0n) is 11.2. The normalized spacial score (nSPS) is 16.9. The van der Waals surface area contributed by atoms with E-state index in [-0.39, 0.29) is 0 Å². The molecule has 100 valence electrons. The zero-order valence-corrected chi connectivity index (χ0v) is 11.2. The number of nitrogens with two attached hydrogens (primary N) is 1. The van der Waals surface area contributed by atoms with E-state index in [0.29, 0.717) is 12.6 Å². The van der Waals surface area contributed by atoms with Crippen molar-refractivity contribution < 1.29 is 9.47 Å². The number of nitrogens with zero attached hydrogens (tertiary/aromatic N) is 1. The third-order valence-corrected chi connectivity index (χ3v) is 3.63. The van der Waals surface area contributed by atoms with Gasteiger partial charge >= 0.3 is 0 Å². The van der Waals surface area contributed by atoms with Crippen molar-refractivity contribution in [3.05, 3.63) is 23.8 Å². The minimum Gasteiger partial charge on any atom is -0.497 e. The third-order valence-electron chi connectivity index (χ3n) is 3.63. The highest BCUT2D eigenvalue weighted by molar-refractivity contribution is 5.57. The summed E-state index contributed by atoms with van der Waals surface area (Å²) >= 11 is 0. The molecule has 0 aliphatic carbocycles. The summed E-state index contributed by atoms with van der Waals surface area (Å²) in [5.41, 5.74) is 8.18. The van der Waals surface area contributed by atoms with Crippen LogP contribution >= 0.6 is 0 Å². The van der Waals surface area contributed by atoms with Gasteiger partial charge in [0, 0.05) is 38.5 Å². The molecule has 4 heteroatoms. The molecular weight excluding hydrogens is 228 g/mol. The lowest BCUT2D eigenvalue weighted by molar-refractivity contribution is 0.0819. The van der Waals surface area contributed by atoms with Crippen LogP contribution in [0.4, 0.5) is 5.69 Å². The number of methoxy groups -OCH3 is 2. The minimum atomic E-state index is 0.396. The van der Waals surface area contributed by atoms with Crippen LogP contribution < -0.4 is 15.4 Å². The molecule has 0 bridgehead atoms. The van der Waals surface area contributed by atoms with Crippen molar-refractivity contribution in [3.63, 3.8) is 0 Å². The van der Waals surface area contributed by atoms with E-state index in [1.807, 2.05) is 6.07 Å². The SMILES string of the molecule is COc1ccc(CN)c(N2CCC(OC)CC2)c1. The summed E-state index contributed by atoms with van der Waals surface area (Å²) in [5, 5.41) is 0. The highest BCUT2D eigenvalue weighted by Gasteiger charge is 2.20. The van der Waals surface area contributed by atoms with Crippen molar-refractivity contribution >= 4 is 5.69 Å². The second-order valence-corrected chi connectivity index (χ2v) is 4.62. The fraction of sp³-hybridized carbons (Fsp3) is 0.571. The maximum atomic E-state index is 5.81. The lowest BCUT2D eigenvalue weighted by Crippen LogP contribution is -2.37. The Morgan fingerprint density at radius 1 is 1.28 bits per heavy atom. The average molecular weight is 250 g/mol. The molecule has 2 N–H and O–H groups in total. The lowest BCUT2D eigenvalue weighted by Gasteiger charge is -2.34. The van der Waals surface area contributed by atoms with Crippen LogP contribution in [-0.4, -0.2) is 33.4 Å². The molecule has 1 fully saturated rings. The van der Waals surface area contributed by atoms with E-state index in [0.717, 1.165) is 31.7 Å². The highest BCUT2D eigenvalue weighted by Crippen LogP contribution is 2.28. The minimum absolute atomic E-state index is 0.396. The standard InChI is InChI=1S/C14H22N2O2/c1-17-12-5-7-16(8-6-12)14-9-13(18-2)4-3-11(14)10-15/h3-4,9,12H,5-8,10,15H2,1-2H3. The summed E-state index contributed by atoms with van der Waals surface area (Å²) in [6, 6.07) is 6.10. The molecule has 1 saturated heterocycles. The topological polar surface area (TPSA) is 47.7 Å². The molecule has 18 heavy (non-hydrogen) atoms. The van der Waals surface area contributed by atoms with E-state index in [1.165, 1.54) is 11.3 Å². The monoisotopic (exact) mass is 250 g/mol. The number of anilines is 1. The number of hydrogen-bond acceptors (Lipinski definition) is 4. The van der Waals surface area contributed by atoms with Gasteiger partial charge in [0.2, 0.25) is 0 Å². The molecule has 0 atom stereocenters. The smallest absolute Gasteiger partial charge is 0.120 e. The van der Waals surface area contributed by atoms with Gasteiger partial charge < -0.3 is 20.1 Å². The molecule has 0 saturated carbocycles. The Morgan fingerprint density at radius 3 is 2.56 bits per heavy atom. The second kappa shape index (κ2) is 6.07. The summed E-state index contributed by atoms with van der Waals surface area (Å²) in [4.78, 5) is 2.38. The molecule has 0 radical (unpaired) electrons. The number of hydrogen-bond donors (Lipinski definition) is 1. The molecule has 0 spiro atoms.